The van der Waals surface area contributed by atoms with Crippen LogP contribution < -0.4 is 33.2 Å². The quantitative estimate of drug-likeness (QED) is 0.0902. The van der Waals surface area contributed by atoms with Gasteiger partial charge in [-0.3, -0.25) is 33.6 Å². The van der Waals surface area contributed by atoms with Crippen LogP contribution in [0.1, 0.15) is 38.5 Å². The first-order valence-electron chi connectivity index (χ1n) is 10.0. The van der Waals surface area contributed by atoms with Crippen molar-refractivity contribution < 1.29 is 53.7 Å². The summed E-state index contributed by atoms with van der Waals surface area (Å²) in [5, 5.41) is 33.0. The second-order valence-corrected chi connectivity index (χ2v) is 7.33. The van der Waals surface area contributed by atoms with E-state index in [0.717, 1.165) is 0 Å². The molecule has 0 rings (SSSR count). The maximum atomic E-state index is 12.7. The third kappa shape index (κ3) is 13.1. The molecule has 12 N–H and O–H groups in total. The normalized spacial score (nSPS) is 13.9. The van der Waals surface area contributed by atoms with Gasteiger partial charge >= 0.3 is 17.9 Å². The molecule has 4 unspecified atom stereocenters. The van der Waals surface area contributed by atoms with Crippen LogP contribution in [-0.4, -0.2) is 86.9 Å². The van der Waals surface area contributed by atoms with Crippen molar-refractivity contribution in [3.8, 4) is 0 Å². The van der Waals surface area contributed by atoms with E-state index in [1.165, 1.54) is 0 Å². The first-order chi connectivity index (χ1) is 16.1. The lowest BCUT2D eigenvalue weighted by Crippen LogP contribution is -2.58. The Kier molecular flexibility index (Phi) is 13.0. The molecule has 0 saturated heterocycles. The van der Waals surface area contributed by atoms with Gasteiger partial charge in [0.05, 0.1) is 18.9 Å². The Morgan fingerprint density at radius 2 is 1.09 bits per heavy atom. The lowest BCUT2D eigenvalue weighted by molar-refractivity contribution is -0.142. The highest BCUT2D eigenvalue weighted by Gasteiger charge is 2.31. The summed E-state index contributed by atoms with van der Waals surface area (Å²) >= 11 is 0. The number of carboxylic acid groups (broad SMARTS) is 3. The van der Waals surface area contributed by atoms with Crippen molar-refractivity contribution in [3.05, 3.63) is 0 Å². The third-order valence-electron chi connectivity index (χ3n) is 4.34. The molecule has 0 saturated carbocycles. The van der Waals surface area contributed by atoms with Crippen LogP contribution in [0.3, 0.4) is 0 Å². The van der Waals surface area contributed by atoms with Gasteiger partial charge in [-0.05, 0) is 12.8 Å². The summed E-state index contributed by atoms with van der Waals surface area (Å²) in [6.45, 7) is 0. The molecule has 0 radical (unpaired) electrons. The second kappa shape index (κ2) is 14.8. The Labute approximate surface area is 197 Å². The molecule has 35 heavy (non-hydrogen) atoms. The fraction of sp³-hybridized carbons (Fsp3) is 0.556. The van der Waals surface area contributed by atoms with Crippen LogP contribution in [0, 0.1) is 0 Å². The van der Waals surface area contributed by atoms with Crippen LogP contribution in [-0.2, 0) is 38.4 Å². The smallest absolute Gasteiger partial charge is 0.326 e. The molecule has 0 aromatic carbocycles. The predicted octanol–water partition coefficient (Wildman–Crippen LogP) is -4.67. The molecule has 0 aromatic rings. The zero-order chi connectivity index (χ0) is 27.3. The number of carbonyl (C=O) groups excluding carboxylic acids is 5. The van der Waals surface area contributed by atoms with Crippen LogP contribution >= 0.6 is 0 Å². The van der Waals surface area contributed by atoms with Crippen LogP contribution in [0.4, 0.5) is 0 Å². The molecule has 5 amide bonds. The molecule has 0 spiro atoms. The van der Waals surface area contributed by atoms with E-state index in [9.17, 15) is 43.5 Å². The molecule has 0 aliphatic heterocycles. The van der Waals surface area contributed by atoms with Gasteiger partial charge in [-0.15, -0.1) is 0 Å². The maximum absolute atomic E-state index is 12.7. The number of carboxylic acids is 3. The van der Waals surface area contributed by atoms with Crippen LogP contribution in [0.5, 0.6) is 0 Å². The summed E-state index contributed by atoms with van der Waals surface area (Å²) in [6.07, 6.45) is -3.54. The van der Waals surface area contributed by atoms with Crippen molar-refractivity contribution in [2.45, 2.75) is 62.7 Å². The van der Waals surface area contributed by atoms with Gasteiger partial charge in [0.2, 0.25) is 29.5 Å². The molecule has 17 nitrogen and oxygen atoms in total. The highest BCUT2D eigenvalue weighted by Crippen LogP contribution is 2.04. The number of hydrogen-bond donors (Lipinski definition) is 9. The van der Waals surface area contributed by atoms with Gasteiger partial charge in [0, 0.05) is 12.8 Å². The Bertz CT molecular complexity index is 862. The van der Waals surface area contributed by atoms with Crippen LogP contribution in [0.25, 0.3) is 0 Å². The molecule has 0 aromatic heterocycles. The Morgan fingerprint density at radius 1 is 0.600 bits per heavy atom. The minimum atomic E-state index is -1.74. The maximum Gasteiger partial charge on any atom is 0.326 e. The Morgan fingerprint density at radius 3 is 1.54 bits per heavy atom. The van der Waals surface area contributed by atoms with E-state index in [2.05, 4.69) is 10.6 Å². The van der Waals surface area contributed by atoms with Gasteiger partial charge in [-0.2, -0.15) is 0 Å². The molecule has 196 valence electrons. The predicted molar refractivity (Wildman–Crippen MR) is 113 cm³/mol. The van der Waals surface area contributed by atoms with Crippen molar-refractivity contribution in [2.75, 3.05) is 0 Å². The fourth-order valence-electron chi connectivity index (χ4n) is 2.60. The van der Waals surface area contributed by atoms with Gasteiger partial charge in [-0.25, -0.2) is 4.79 Å². The lowest BCUT2D eigenvalue weighted by atomic mass is 10.1. The van der Waals surface area contributed by atoms with Crippen LogP contribution in [0.2, 0.25) is 0 Å². The zero-order valence-electron chi connectivity index (χ0n) is 18.4. The second-order valence-electron chi connectivity index (χ2n) is 7.33. The summed E-state index contributed by atoms with van der Waals surface area (Å²) in [4.78, 5) is 92.5. The average molecular weight is 504 g/mol. The Hall–Kier alpha value is -4.28. The minimum Gasteiger partial charge on any atom is -0.481 e. The molecule has 17 heteroatoms. The monoisotopic (exact) mass is 504 g/mol. The summed E-state index contributed by atoms with van der Waals surface area (Å²) in [5.74, 6) is -9.67. The van der Waals surface area contributed by atoms with E-state index in [-0.39, 0.29) is 0 Å². The minimum absolute atomic E-state index is 0.396. The summed E-state index contributed by atoms with van der Waals surface area (Å²) in [6, 6.07) is -6.56. The molecule has 0 bridgehead atoms. The first-order valence-corrected chi connectivity index (χ1v) is 10.0. The number of aliphatic carboxylic acids is 3. The number of primary amides is 2. The number of rotatable bonds is 17. The highest BCUT2D eigenvalue weighted by atomic mass is 16.4. The Balaban J connectivity index is 5.60. The molecular formula is C18H28N6O11. The number of nitrogens with two attached hydrogens (primary N) is 3. The molecule has 0 heterocycles. The van der Waals surface area contributed by atoms with Crippen molar-refractivity contribution in [3.63, 3.8) is 0 Å². The van der Waals surface area contributed by atoms with Gasteiger partial charge in [0.15, 0.2) is 0 Å². The fourth-order valence-corrected chi connectivity index (χ4v) is 2.60. The van der Waals surface area contributed by atoms with Crippen molar-refractivity contribution in [1.29, 1.82) is 0 Å². The number of carbonyl (C=O) groups is 8. The summed E-state index contributed by atoms with van der Waals surface area (Å²) < 4.78 is 0. The van der Waals surface area contributed by atoms with Gasteiger partial charge in [0.1, 0.15) is 18.1 Å². The van der Waals surface area contributed by atoms with Crippen molar-refractivity contribution in [2.24, 2.45) is 17.2 Å². The number of hydrogen-bond acceptors (Lipinski definition) is 9. The summed E-state index contributed by atoms with van der Waals surface area (Å²) in [5.41, 5.74) is 15.4. The van der Waals surface area contributed by atoms with Crippen molar-refractivity contribution >= 4 is 47.4 Å². The highest BCUT2D eigenvalue weighted by molar-refractivity contribution is 5.96. The third-order valence-corrected chi connectivity index (χ3v) is 4.34. The molecular weight excluding hydrogens is 476 g/mol. The molecule has 0 aliphatic carbocycles. The lowest BCUT2D eigenvalue weighted by Gasteiger charge is -2.24. The van der Waals surface area contributed by atoms with E-state index in [0.29, 0.717) is 0 Å². The van der Waals surface area contributed by atoms with Gasteiger partial charge in [-0.1, -0.05) is 0 Å². The van der Waals surface area contributed by atoms with Crippen molar-refractivity contribution in [1.82, 2.24) is 16.0 Å². The summed E-state index contributed by atoms with van der Waals surface area (Å²) in [7, 11) is 0. The standard InChI is InChI=1S/C18H28N6O11/c19-7(5-14(29)30)15(31)22-8(2-4-13(27)28)16(32)24-10(6-12(21)26)17(33)23-9(18(34)35)1-3-11(20)25/h7-10H,1-6,19H2,(H2,20,25)(H2,21,26)(H,22,31)(H,23,33)(H,24,32)(H,27,28)(H,29,30)(H,34,35). The van der Waals surface area contributed by atoms with E-state index in [1.54, 1.807) is 0 Å². The SMILES string of the molecule is NC(=O)CCC(NC(=O)C(CC(N)=O)NC(=O)C(CCC(=O)O)NC(=O)C(N)CC(=O)O)C(=O)O. The number of nitrogens with one attached hydrogen (secondary N) is 3. The van der Waals surface area contributed by atoms with Gasteiger partial charge < -0.3 is 48.5 Å². The van der Waals surface area contributed by atoms with E-state index < -0.39 is 110 Å². The average Bonchev–Trinajstić information content (AvgIpc) is 2.71. The van der Waals surface area contributed by atoms with Gasteiger partial charge in [0.25, 0.3) is 0 Å². The molecule has 4 atom stereocenters. The zero-order valence-corrected chi connectivity index (χ0v) is 18.4. The van der Waals surface area contributed by atoms with Crippen LogP contribution in [0.15, 0.2) is 0 Å². The molecule has 0 aliphatic rings. The first kappa shape index (κ1) is 30.7. The number of amides is 5. The van der Waals surface area contributed by atoms with E-state index >= 15 is 0 Å². The van der Waals surface area contributed by atoms with E-state index in [4.69, 9.17) is 27.4 Å². The van der Waals surface area contributed by atoms with E-state index in [1.807, 2.05) is 5.32 Å². The topological polar surface area (TPSA) is 311 Å². The largest absolute Gasteiger partial charge is 0.481 e. The molecule has 0 fully saturated rings.